The summed E-state index contributed by atoms with van der Waals surface area (Å²) in [4.78, 5) is 30.1. The molecule has 1 aromatic heterocycles. The maximum atomic E-state index is 14.2. The summed E-state index contributed by atoms with van der Waals surface area (Å²) in [6.45, 7) is 3.14. The van der Waals surface area contributed by atoms with Gasteiger partial charge in [0, 0.05) is 44.1 Å². The molecule has 0 unspecified atom stereocenters. The number of hydrogen-bond donors (Lipinski definition) is 2. The van der Waals surface area contributed by atoms with Gasteiger partial charge in [0.25, 0.3) is 0 Å². The van der Waals surface area contributed by atoms with Crippen molar-refractivity contribution in [3.8, 4) is 0 Å². The van der Waals surface area contributed by atoms with Crippen LogP contribution in [0.3, 0.4) is 0 Å². The van der Waals surface area contributed by atoms with Crippen molar-refractivity contribution in [2.24, 2.45) is 11.8 Å². The number of carboxylic acid groups (broad SMARTS) is 1. The molecule has 2 atom stereocenters. The molecule has 1 aliphatic rings. The number of nitrogens with one attached hydrogen (secondary N) is 1. The highest BCUT2D eigenvalue weighted by molar-refractivity contribution is 5.80. The molecule has 2 aromatic rings. The Morgan fingerprint density at radius 3 is 2.75 bits per heavy atom. The first-order valence-electron chi connectivity index (χ1n) is 9.29. The van der Waals surface area contributed by atoms with Crippen LogP contribution in [0, 0.1) is 24.6 Å². The normalized spacial score (nSPS) is 19.9. The molecule has 3 rings (SSSR count). The molecular formula is C21H24FN3O3. The molecule has 6 nitrogen and oxygen atoms in total. The van der Waals surface area contributed by atoms with Gasteiger partial charge in [-0.05, 0) is 36.6 Å². The molecule has 148 valence electrons. The van der Waals surface area contributed by atoms with Crippen LogP contribution < -0.4 is 5.32 Å². The fourth-order valence-corrected chi connectivity index (χ4v) is 3.55. The number of hydrogen-bond acceptors (Lipinski definition) is 4. The van der Waals surface area contributed by atoms with Crippen LogP contribution in [0.5, 0.6) is 0 Å². The Balaban J connectivity index is 1.67. The number of rotatable bonds is 6. The van der Waals surface area contributed by atoms with Gasteiger partial charge in [0.2, 0.25) is 5.91 Å². The summed E-state index contributed by atoms with van der Waals surface area (Å²) < 4.78 is 14.2. The molecule has 0 saturated carbocycles. The Hall–Kier alpha value is -2.80. The van der Waals surface area contributed by atoms with Gasteiger partial charge >= 0.3 is 5.97 Å². The van der Waals surface area contributed by atoms with E-state index in [1.807, 2.05) is 24.0 Å². The van der Waals surface area contributed by atoms with Gasteiger partial charge in [-0.2, -0.15) is 0 Å². The molecule has 1 saturated heterocycles. The Morgan fingerprint density at radius 2 is 2.07 bits per heavy atom. The predicted octanol–water partition coefficient (Wildman–Crippen LogP) is 2.37. The molecule has 0 spiro atoms. The second-order valence-electron chi connectivity index (χ2n) is 7.34. The van der Waals surface area contributed by atoms with E-state index in [2.05, 4.69) is 10.3 Å². The van der Waals surface area contributed by atoms with Crippen LogP contribution in [0.2, 0.25) is 0 Å². The average Bonchev–Trinajstić information content (AvgIpc) is 2.69. The van der Waals surface area contributed by atoms with Crippen LogP contribution in [0.15, 0.2) is 42.7 Å². The first-order valence-corrected chi connectivity index (χ1v) is 9.29. The van der Waals surface area contributed by atoms with E-state index < -0.39 is 17.8 Å². The van der Waals surface area contributed by atoms with Crippen molar-refractivity contribution < 1.29 is 19.1 Å². The van der Waals surface area contributed by atoms with Crippen molar-refractivity contribution in [2.45, 2.75) is 26.4 Å². The Bertz CT molecular complexity index is 844. The summed E-state index contributed by atoms with van der Waals surface area (Å²) in [6.07, 6.45) is 3.61. The van der Waals surface area contributed by atoms with E-state index in [9.17, 15) is 19.1 Å². The van der Waals surface area contributed by atoms with Crippen LogP contribution in [0.25, 0.3) is 0 Å². The molecule has 1 fully saturated rings. The summed E-state index contributed by atoms with van der Waals surface area (Å²) in [7, 11) is 0. The Morgan fingerprint density at radius 1 is 1.29 bits per heavy atom. The summed E-state index contributed by atoms with van der Waals surface area (Å²) >= 11 is 0. The molecule has 0 aliphatic carbocycles. The van der Waals surface area contributed by atoms with Crippen molar-refractivity contribution in [3.05, 3.63) is 65.2 Å². The summed E-state index contributed by atoms with van der Waals surface area (Å²) in [5, 5.41) is 12.3. The lowest BCUT2D eigenvalue weighted by Gasteiger charge is -2.35. The molecule has 28 heavy (non-hydrogen) atoms. The number of aliphatic carboxylic acids is 1. The zero-order valence-electron chi connectivity index (χ0n) is 15.8. The van der Waals surface area contributed by atoms with Gasteiger partial charge in [-0.1, -0.05) is 18.2 Å². The molecule has 1 aromatic carbocycles. The smallest absolute Gasteiger partial charge is 0.307 e. The summed E-state index contributed by atoms with van der Waals surface area (Å²) in [5.74, 6) is -2.55. The number of likely N-dealkylation sites (tertiary alicyclic amines) is 1. The highest BCUT2D eigenvalue weighted by atomic mass is 19.1. The van der Waals surface area contributed by atoms with Crippen LogP contribution in [-0.2, 0) is 22.7 Å². The lowest BCUT2D eigenvalue weighted by atomic mass is 9.88. The predicted molar refractivity (Wildman–Crippen MR) is 102 cm³/mol. The maximum absolute atomic E-state index is 14.2. The summed E-state index contributed by atoms with van der Waals surface area (Å²) in [5.41, 5.74) is 2.21. The van der Waals surface area contributed by atoms with Gasteiger partial charge in [-0.15, -0.1) is 0 Å². The number of nitrogens with zero attached hydrogens (tertiary/aromatic N) is 2. The number of pyridine rings is 1. The molecule has 0 bridgehead atoms. The number of benzene rings is 1. The van der Waals surface area contributed by atoms with E-state index in [-0.39, 0.29) is 24.7 Å². The zero-order valence-corrected chi connectivity index (χ0v) is 15.8. The third kappa shape index (κ3) is 5.13. The van der Waals surface area contributed by atoms with E-state index >= 15 is 0 Å². The Labute approximate surface area is 163 Å². The van der Waals surface area contributed by atoms with Gasteiger partial charge in [-0.3, -0.25) is 19.5 Å². The minimum Gasteiger partial charge on any atom is -0.481 e. The highest BCUT2D eigenvalue weighted by Gasteiger charge is 2.35. The third-order valence-electron chi connectivity index (χ3n) is 5.04. The summed E-state index contributed by atoms with van der Waals surface area (Å²) in [6, 6.07) is 8.66. The van der Waals surface area contributed by atoms with E-state index in [4.69, 9.17) is 0 Å². The first kappa shape index (κ1) is 19.9. The molecule has 1 aliphatic heterocycles. The number of carbonyl (C=O) groups excluding carboxylic acids is 1. The number of carboxylic acids is 1. The fraction of sp³-hybridized carbons (Fsp3) is 0.381. The lowest BCUT2D eigenvalue weighted by Crippen LogP contribution is -2.47. The van der Waals surface area contributed by atoms with Crippen molar-refractivity contribution >= 4 is 11.9 Å². The second kappa shape index (κ2) is 8.93. The number of aryl methyl sites for hydroxylation is 1. The number of halogens is 1. The Kier molecular flexibility index (Phi) is 6.36. The second-order valence-corrected chi connectivity index (χ2v) is 7.34. The fourth-order valence-electron chi connectivity index (χ4n) is 3.55. The standard InChI is InChI=1S/C21H24FN3O3/c1-14-4-5-16(19(22)7-14)11-25-12-17(8-18(13-25)21(27)28)20(26)24-10-15-3-2-6-23-9-15/h2-7,9,17-18H,8,10-13H2,1H3,(H,24,26)(H,27,28)/t17-,18-/m1/s1. The number of carbonyl (C=O) groups is 2. The molecule has 7 heteroatoms. The topological polar surface area (TPSA) is 82.5 Å². The van der Waals surface area contributed by atoms with E-state index in [0.717, 1.165) is 11.1 Å². The van der Waals surface area contributed by atoms with Gasteiger partial charge in [0.1, 0.15) is 5.82 Å². The SMILES string of the molecule is Cc1ccc(CN2C[C@H](C(=O)O)C[C@@H](C(=O)NCc3cccnc3)C2)c(F)c1. The van der Waals surface area contributed by atoms with E-state index in [0.29, 0.717) is 25.2 Å². The van der Waals surface area contributed by atoms with Crippen LogP contribution in [0.1, 0.15) is 23.1 Å². The van der Waals surface area contributed by atoms with Crippen molar-refractivity contribution in [2.75, 3.05) is 13.1 Å². The molecule has 2 heterocycles. The lowest BCUT2D eigenvalue weighted by molar-refractivity contribution is -0.145. The van der Waals surface area contributed by atoms with Crippen molar-refractivity contribution in [3.63, 3.8) is 0 Å². The maximum Gasteiger partial charge on any atom is 0.307 e. The molecule has 0 radical (unpaired) electrons. The number of aromatic nitrogens is 1. The van der Waals surface area contributed by atoms with Crippen LogP contribution >= 0.6 is 0 Å². The third-order valence-corrected chi connectivity index (χ3v) is 5.04. The number of piperidine rings is 1. The minimum atomic E-state index is -0.931. The van der Waals surface area contributed by atoms with Gasteiger partial charge in [0.15, 0.2) is 0 Å². The molecular weight excluding hydrogens is 361 g/mol. The number of amides is 1. The van der Waals surface area contributed by atoms with Crippen LogP contribution in [0.4, 0.5) is 4.39 Å². The zero-order chi connectivity index (χ0) is 20.1. The quantitative estimate of drug-likeness (QED) is 0.798. The van der Waals surface area contributed by atoms with Gasteiger partial charge < -0.3 is 10.4 Å². The van der Waals surface area contributed by atoms with Crippen molar-refractivity contribution in [1.29, 1.82) is 0 Å². The average molecular weight is 385 g/mol. The highest BCUT2D eigenvalue weighted by Crippen LogP contribution is 2.25. The van der Waals surface area contributed by atoms with E-state index in [1.54, 1.807) is 24.5 Å². The molecule has 1 amide bonds. The largest absolute Gasteiger partial charge is 0.481 e. The van der Waals surface area contributed by atoms with Gasteiger partial charge in [-0.25, -0.2) is 4.39 Å². The van der Waals surface area contributed by atoms with Gasteiger partial charge in [0.05, 0.1) is 11.8 Å². The monoisotopic (exact) mass is 385 g/mol. The van der Waals surface area contributed by atoms with Crippen LogP contribution in [-0.4, -0.2) is 40.0 Å². The van der Waals surface area contributed by atoms with Crippen molar-refractivity contribution in [1.82, 2.24) is 15.2 Å². The molecule has 2 N–H and O–H groups in total. The van der Waals surface area contributed by atoms with E-state index in [1.165, 1.54) is 6.07 Å². The first-order chi connectivity index (χ1) is 13.4. The minimum absolute atomic E-state index is 0.191.